The molecule has 4 rings (SSSR count). The van der Waals surface area contributed by atoms with E-state index in [-0.39, 0.29) is 22.9 Å². The number of sulfonamides is 1. The smallest absolute Gasteiger partial charge is 0.245 e. The van der Waals surface area contributed by atoms with E-state index in [2.05, 4.69) is 20.3 Å². The molecule has 0 bridgehead atoms. The lowest BCUT2D eigenvalue weighted by Gasteiger charge is -2.31. The van der Waals surface area contributed by atoms with Gasteiger partial charge in [-0.05, 0) is 47.4 Å². The zero-order valence-electron chi connectivity index (χ0n) is 17.1. The predicted octanol–water partition coefficient (Wildman–Crippen LogP) is 2.28. The number of aromatic nitrogens is 2. The number of ether oxygens (including phenoxy) is 2. The number of rotatable bonds is 6. The highest BCUT2D eigenvalue weighted by molar-refractivity contribution is 7.89. The molecular weight excluding hydrogens is 424 g/mol. The molecule has 2 heterocycles. The fraction of sp³-hybridized carbons (Fsp3) is 0.350. The third kappa shape index (κ3) is 4.06. The maximum absolute atomic E-state index is 13.3. The third-order valence-corrected chi connectivity index (χ3v) is 7.18. The van der Waals surface area contributed by atoms with Crippen molar-refractivity contribution in [1.29, 1.82) is 0 Å². The van der Waals surface area contributed by atoms with Crippen molar-refractivity contribution >= 4 is 32.7 Å². The molecule has 0 spiro atoms. The van der Waals surface area contributed by atoms with Crippen molar-refractivity contribution in [2.45, 2.75) is 17.7 Å². The number of hydrogen-bond acceptors (Lipinski definition) is 8. The minimum Gasteiger partial charge on any atom is -0.497 e. The van der Waals surface area contributed by atoms with Gasteiger partial charge in [-0.25, -0.2) is 13.0 Å². The van der Waals surface area contributed by atoms with Crippen molar-refractivity contribution in [1.82, 2.24) is 14.6 Å². The first kappa shape index (κ1) is 21.1. The first-order chi connectivity index (χ1) is 14.9. The summed E-state index contributed by atoms with van der Waals surface area (Å²) in [6.45, 7) is 0.373. The van der Waals surface area contributed by atoms with Crippen molar-refractivity contribution in [2.75, 3.05) is 32.6 Å². The molecule has 1 aromatic heterocycles. The van der Waals surface area contributed by atoms with E-state index in [4.69, 9.17) is 9.47 Å². The second-order valence-corrected chi connectivity index (χ2v) is 9.05. The van der Waals surface area contributed by atoms with Crippen LogP contribution in [0, 0.1) is 5.92 Å². The summed E-state index contributed by atoms with van der Waals surface area (Å²) in [5.74, 6) is 0.250. The molecule has 0 radical (unpaired) electrons. The lowest BCUT2D eigenvalue weighted by Crippen LogP contribution is -2.43. The van der Waals surface area contributed by atoms with Gasteiger partial charge in [-0.2, -0.15) is 4.31 Å². The Morgan fingerprint density at radius 2 is 2.03 bits per heavy atom. The summed E-state index contributed by atoms with van der Waals surface area (Å²) in [7, 11) is -0.840. The molecule has 1 aliphatic rings. The van der Waals surface area contributed by atoms with E-state index in [1.807, 2.05) is 0 Å². The van der Waals surface area contributed by atoms with Crippen LogP contribution >= 0.6 is 0 Å². The Labute approximate surface area is 179 Å². The number of fused-ring (bicyclic) bond motifs is 1. The summed E-state index contributed by atoms with van der Waals surface area (Å²) in [6.07, 6.45) is 1.12. The van der Waals surface area contributed by atoms with Gasteiger partial charge in [0.05, 0.1) is 25.8 Å². The standard InChI is InChI=1S/C20H22N4O6S/c1-28-14-8-9-17(29-2)16(11-14)21-20(25)13-5-4-10-24(12-13)31(26,27)18-7-3-6-15-19(18)23-30-22-15/h3,6-9,11,13H,4-5,10,12H2,1-2H3,(H,21,25). The van der Waals surface area contributed by atoms with Crippen molar-refractivity contribution < 1.29 is 27.3 Å². The van der Waals surface area contributed by atoms with Gasteiger partial charge in [0.1, 0.15) is 21.9 Å². The van der Waals surface area contributed by atoms with Crippen LogP contribution in [0.5, 0.6) is 11.5 Å². The van der Waals surface area contributed by atoms with E-state index in [1.54, 1.807) is 30.3 Å². The van der Waals surface area contributed by atoms with Crippen molar-refractivity contribution in [3.63, 3.8) is 0 Å². The molecule has 1 fully saturated rings. The quantitative estimate of drug-likeness (QED) is 0.612. The number of methoxy groups -OCH3 is 2. The van der Waals surface area contributed by atoms with Gasteiger partial charge in [-0.3, -0.25) is 4.79 Å². The molecule has 11 heteroatoms. The fourth-order valence-electron chi connectivity index (χ4n) is 3.65. The molecule has 3 aromatic rings. The molecule has 1 N–H and O–H groups in total. The van der Waals surface area contributed by atoms with E-state index in [0.29, 0.717) is 42.1 Å². The van der Waals surface area contributed by atoms with Crippen molar-refractivity contribution in [3.8, 4) is 11.5 Å². The number of carbonyl (C=O) groups excluding carboxylic acids is 1. The topological polar surface area (TPSA) is 124 Å². The fourth-order valence-corrected chi connectivity index (χ4v) is 5.31. The van der Waals surface area contributed by atoms with Gasteiger partial charge in [0.15, 0.2) is 5.52 Å². The zero-order chi connectivity index (χ0) is 22.0. The van der Waals surface area contributed by atoms with Gasteiger partial charge in [0.2, 0.25) is 15.9 Å². The summed E-state index contributed by atoms with van der Waals surface area (Å²) < 4.78 is 43.0. The largest absolute Gasteiger partial charge is 0.497 e. The molecule has 164 valence electrons. The van der Waals surface area contributed by atoms with Crippen LogP contribution in [0.2, 0.25) is 0 Å². The van der Waals surface area contributed by atoms with E-state index in [1.165, 1.54) is 24.6 Å². The monoisotopic (exact) mass is 446 g/mol. The molecular formula is C20H22N4O6S. The van der Waals surface area contributed by atoms with E-state index in [0.717, 1.165) is 0 Å². The van der Waals surface area contributed by atoms with Gasteiger partial charge in [0.25, 0.3) is 0 Å². The summed E-state index contributed by atoms with van der Waals surface area (Å²) >= 11 is 0. The Morgan fingerprint density at radius 3 is 2.81 bits per heavy atom. The summed E-state index contributed by atoms with van der Waals surface area (Å²) in [4.78, 5) is 13.0. The van der Waals surface area contributed by atoms with Gasteiger partial charge < -0.3 is 14.8 Å². The van der Waals surface area contributed by atoms with Gasteiger partial charge in [0, 0.05) is 19.2 Å². The van der Waals surface area contributed by atoms with Crippen LogP contribution in [0.25, 0.3) is 11.0 Å². The predicted molar refractivity (Wildman–Crippen MR) is 111 cm³/mol. The molecule has 1 amide bonds. The van der Waals surface area contributed by atoms with Crippen LogP contribution < -0.4 is 14.8 Å². The third-order valence-electron chi connectivity index (χ3n) is 5.29. The number of nitrogens with one attached hydrogen (secondary N) is 1. The maximum Gasteiger partial charge on any atom is 0.245 e. The first-order valence-electron chi connectivity index (χ1n) is 9.68. The molecule has 1 unspecified atom stereocenters. The maximum atomic E-state index is 13.3. The lowest BCUT2D eigenvalue weighted by atomic mass is 9.98. The van der Waals surface area contributed by atoms with Crippen LogP contribution in [0.1, 0.15) is 12.8 Å². The van der Waals surface area contributed by atoms with E-state index >= 15 is 0 Å². The van der Waals surface area contributed by atoms with Crippen LogP contribution in [0.15, 0.2) is 45.9 Å². The Bertz CT molecular complexity index is 1210. The average Bonchev–Trinajstić information content (AvgIpc) is 3.28. The molecule has 1 saturated heterocycles. The van der Waals surface area contributed by atoms with Crippen LogP contribution in [0.4, 0.5) is 5.69 Å². The highest BCUT2D eigenvalue weighted by Gasteiger charge is 2.35. The van der Waals surface area contributed by atoms with Crippen LogP contribution in [-0.4, -0.2) is 56.3 Å². The normalized spacial score (nSPS) is 17.4. The highest BCUT2D eigenvalue weighted by Crippen LogP contribution is 2.31. The van der Waals surface area contributed by atoms with Gasteiger partial charge >= 0.3 is 0 Å². The Balaban J connectivity index is 1.55. The number of benzene rings is 2. The summed E-state index contributed by atoms with van der Waals surface area (Å²) in [5, 5.41) is 10.3. The van der Waals surface area contributed by atoms with Crippen LogP contribution in [0.3, 0.4) is 0 Å². The minimum atomic E-state index is -3.88. The number of carbonyl (C=O) groups is 1. The Hall–Kier alpha value is -3.18. The minimum absolute atomic E-state index is 0.0155. The van der Waals surface area contributed by atoms with Gasteiger partial charge in [-0.1, -0.05) is 6.07 Å². The second kappa shape index (κ2) is 8.52. The average molecular weight is 446 g/mol. The molecule has 1 atom stereocenters. The summed E-state index contributed by atoms with van der Waals surface area (Å²) in [5.41, 5.74) is 0.998. The van der Waals surface area contributed by atoms with Crippen molar-refractivity contribution in [2.24, 2.45) is 5.92 Å². The zero-order valence-corrected chi connectivity index (χ0v) is 17.9. The lowest BCUT2D eigenvalue weighted by molar-refractivity contribution is -0.120. The number of nitrogens with zero attached hydrogens (tertiary/aromatic N) is 3. The van der Waals surface area contributed by atoms with Crippen LogP contribution in [-0.2, 0) is 14.8 Å². The molecule has 0 aliphatic carbocycles. The number of piperidine rings is 1. The molecule has 1 aliphatic heterocycles. The molecule has 0 saturated carbocycles. The first-order valence-corrected chi connectivity index (χ1v) is 11.1. The number of anilines is 1. The summed E-state index contributed by atoms with van der Waals surface area (Å²) in [6, 6.07) is 9.75. The van der Waals surface area contributed by atoms with Crippen molar-refractivity contribution in [3.05, 3.63) is 36.4 Å². The second-order valence-electron chi connectivity index (χ2n) is 7.15. The molecule has 31 heavy (non-hydrogen) atoms. The Kier molecular flexibility index (Phi) is 5.79. The Morgan fingerprint density at radius 1 is 1.19 bits per heavy atom. The number of hydrogen-bond donors (Lipinski definition) is 1. The SMILES string of the molecule is COc1ccc(OC)c(NC(=O)C2CCCN(S(=O)(=O)c3cccc4nonc34)C2)c1. The molecule has 10 nitrogen and oxygen atoms in total. The number of amides is 1. The van der Waals surface area contributed by atoms with Gasteiger partial charge in [-0.15, -0.1) is 0 Å². The van der Waals surface area contributed by atoms with E-state index in [9.17, 15) is 13.2 Å². The molecule has 2 aromatic carbocycles. The van der Waals surface area contributed by atoms with E-state index < -0.39 is 15.9 Å². The highest BCUT2D eigenvalue weighted by atomic mass is 32.2.